The zero-order chi connectivity index (χ0) is 20.3. The number of hydrogen-bond donors (Lipinski definition) is 0. The summed E-state index contributed by atoms with van der Waals surface area (Å²) in [6.45, 7) is 4.09. The second-order valence-electron chi connectivity index (χ2n) is 7.06. The van der Waals surface area contributed by atoms with Crippen LogP contribution in [0.3, 0.4) is 0 Å². The number of fused-ring (bicyclic) bond motifs is 1. The van der Waals surface area contributed by atoms with Crippen molar-refractivity contribution in [3.8, 4) is 0 Å². The average molecular weight is 417 g/mol. The van der Waals surface area contributed by atoms with Gasteiger partial charge in [-0.1, -0.05) is 47.7 Å². The number of carbonyl (C=O) groups is 1. The van der Waals surface area contributed by atoms with Crippen LogP contribution in [0, 0.1) is 13.8 Å². The highest BCUT2D eigenvalue weighted by molar-refractivity contribution is 7.90. The van der Waals surface area contributed by atoms with Crippen LogP contribution in [0.15, 0.2) is 47.5 Å². The average Bonchev–Trinajstić information content (AvgIpc) is 2.90. The molecule has 3 rings (SSSR count). The van der Waals surface area contributed by atoms with Crippen molar-refractivity contribution in [1.82, 2.24) is 4.57 Å². The van der Waals surface area contributed by atoms with Crippen molar-refractivity contribution in [3.63, 3.8) is 0 Å². The molecule has 0 aliphatic carbocycles. The number of aromatic nitrogens is 1. The maximum absolute atomic E-state index is 12.3. The van der Waals surface area contributed by atoms with Gasteiger partial charge in [0.05, 0.1) is 21.7 Å². The van der Waals surface area contributed by atoms with E-state index >= 15 is 0 Å². The van der Waals surface area contributed by atoms with Crippen LogP contribution in [0.2, 0.25) is 0 Å². The van der Waals surface area contributed by atoms with E-state index in [4.69, 9.17) is 0 Å². The van der Waals surface area contributed by atoms with Gasteiger partial charge in [-0.3, -0.25) is 4.79 Å². The second-order valence-corrected chi connectivity index (χ2v) is 10.3. The van der Waals surface area contributed by atoms with Crippen LogP contribution >= 0.6 is 11.3 Å². The lowest BCUT2D eigenvalue weighted by atomic mass is 10.1. The summed E-state index contributed by atoms with van der Waals surface area (Å²) < 4.78 is 27.5. The van der Waals surface area contributed by atoms with Gasteiger partial charge in [-0.15, -0.1) is 0 Å². The minimum Gasteiger partial charge on any atom is -0.319 e. The number of benzene rings is 2. The quantitative estimate of drug-likeness (QED) is 0.616. The Morgan fingerprint density at radius 1 is 1.14 bits per heavy atom. The number of sulfone groups is 1. The van der Waals surface area contributed by atoms with Crippen LogP contribution in [0.5, 0.6) is 0 Å². The molecule has 0 fully saturated rings. The maximum Gasteiger partial charge on any atom is 0.248 e. The highest BCUT2D eigenvalue weighted by atomic mass is 32.2. The third-order valence-corrected chi connectivity index (χ3v) is 7.29. The van der Waals surface area contributed by atoms with E-state index in [1.54, 1.807) is 12.1 Å². The number of rotatable bonds is 6. The topological polar surface area (TPSA) is 68.5 Å². The number of hydrogen-bond acceptors (Lipinski definition) is 4. The summed E-state index contributed by atoms with van der Waals surface area (Å²) in [5, 5.41) is 0. The first-order valence-corrected chi connectivity index (χ1v) is 11.8. The van der Waals surface area contributed by atoms with Crippen LogP contribution in [0.1, 0.15) is 29.5 Å². The van der Waals surface area contributed by atoms with Gasteiger partial charge in [0.25, 0.3) is 0 Å². The van der Waals surface area contributed by atoms with Gasteiger partial charge in [0, 0.05) is 13.5 Å². The molecule has 0 saturated carbocycles. The van der Waals surface area contributed by atoms with E-state index in [2.05, 4.69) is 17.1 Å². The smallest absolute Gasteiger partial charge is 0.248 e. The van der Waals surface area contributed by atoms with Gasteiger partial charge in [0.1, 0.15) is 0 Å². The molecule has 0 atom stereocenters. The lowest BCUT2D eigenvalue weighted by molar-refractivity contribution is -0.118. The standard InChI is InChI=1S/C21H24N2O3S2/c1-15-12-16(2)20-18(13-15)27-21(23(20)3)22-19(24)10-7-11-28(25,26)14-17-8-5-4-6-9-17/h4-6,8-9,12-13H,7,10-11,14H2,1-3H3. The first-order valence-electron chi connectivity index (χ1n) is 9.14. The Kier molecular flexibility index (Phi) is 6.15. The fourth-order valence-corrected chi connectivity index (χ4v) is 5.94. The molecule has 2 aromatic carbocycles. The Bertz CT molecular complexity index is 1170. The predicted octanol–water partition coefficient (Wildman–Crippen LogP) is 3.68. The van der Waals surface area contributed by atoms with Crippen LogP contribution in [-0.4, -0.2) is 24.6 Å². The largest absolute Gasteiger partial charge is 0.319 e. The summed E-state index contributed by atoms with van der Waals surface area (Å²) in [6.07, 6.45) is 0.407. The fraction of sp³-hybridized carbons (Fsp3) is 0.333. The molecule has 5 nitrogen and oxygen atoms in total. The van der Waals surface area contributed by atoms with Gasteiger partial charge < -0.3 is 4.57 Å². The van der Waals surface area contributed by atoms with Gasteiger partial charge in [0.15, 0.2) is 14.6 Å². The molecule has 0 saturated heterocycles. The van der Waals surface area contributed by atoms with Crippen molar-refractivity contribution >= 4 is 37.3 Å². The predicted molar refractivity (Wildman–Crippen MR) is 114 cm³/mol. The maximum atomic E-state index is 12.3. The molecule has 0 aliphatic heterocycles. The molecule has 1 aromatic heterocycles. The minimum absolute atomic E-state index is 0.00305. The first-order chi connectivity index (χ1) is 13.2. The highest BCUT2D eigenvalue weighted by Gasteiger charge is 2.13. The molecule has 7 heteroatoms. The zero-order valence-electron chi connectivity index (χ0n) is 16.3. The van der Waals surface area contributed by atoms with Crippen molar-refractivity contribution in [1.29, 1.82) is 0 Å². The van der Waals surface area contributed by atoms with Crippen LogP contribution < -0.4 is 4.80 Å². The normalized spacial score (nSPS) is 12.6. The van der Waals surface area contributed by atoms with E-state index in [9.17, 15) is 13.2 Å². The van der Waals surface area contributed by atoms with E-state index in [1.807, 2.05) is 43.7 Å². The summed E-state index contributed by atoms with van der Waals surface area (Å²) in [5.41, 5.74) is 4.16. The van der Waals surface area contributed by atoms with Crippen molar-refractivity contribution in [2.24, 2.45) is 12.0 Å². The highest BCUT2D eigenvalue weighted by Crippen LogP contribution is 2.22. The lowest BCUT2D eigenvalue weighted by Crippen LogP contribution is -2.15. The Hall–Kier alpha value is -2.25. The van der Waals surface area contributed by atoms with E-state index in [-0.39, 0.29) is 30.3 Å². The first kappa shape index (κ1) is 20.5. The third kappa shape index (κ3) is 4.97. The summed E-state index contributed by atoms with van der Waals surface area (Å²) >= 11 is 1.48. The Labute approximate surface area is 169 Å². The molecule has 0 N–H and O–H groups in total. The molecule has 148 valence electrons. The zero-order valence-corrected chi connectivity index (χ0v) is 17.9. The van der Waals surface area contributed by atoms with Crippen molar-refractivity contribution in [2.45, 2.75) is 32.4 Å². The molecule has 1 heterocycles. The van der Waals surface area contributed by atoms with Gasteiger partial charge in [-0.05, 0) is 43.0 Å². The Balaban J connectivity index is 1.66. The molecular weight excluding hydrogens is 392 g/mol. The number of carbonyl (C=O) groups excluding carboxylic acids is 1. The summed E-state index contributed by atoms with van der Waals surface area (Å²) in [7, 11) is -1.34. The van der Waals surface area contributed by atoms with Crippen LogP contribution in [-0.2, 0) is 27.4 Å². The molecule has 0 radical (unpaired) electrons. The van der Waals surface area contributed by atoms with Crippen molar-refractivity contribution in [3.05, 3.63) is 64.0 Å². The number of aryl methyl sites for hydroxylation is 3. The van der Waals surface area contributed by atoms with Crippen LogP contribution in [0.25, 0.3) is 10.2 Å². The molecule has 1 amide bonds. The van der Waals surface area contributed by atoms with Crippen molar-refractivity contribution < 1.29 is 13.2 Å². The minimum atomic E-state index is -3.24. The van der Waals surface area contributed by atoms with Gasteiger partial charge in [-0.25, -0.2) is 8.42 Å². The second kappa shape index (κ2) is 8.41. The Morgan fingerprint density at radius 3 is 2.57 bits per heavy atom. The molecule has 28 heavy (non-hydrogen) atoms. The lowest BCUT2D eigenvalue weighted by Gasteiger charge is -2.03. The van der Waals surface area contributed by atoms with E-state index < -0.39 is 9.84 Å². The molecule has 0 aliphatic rings. The monoisotopic (exact) mass is 416 g/mol. The van der Waals surface area contributed by atoms with E-state index in [0.717, 1.165) is 21.3 Å². The van der Waals surface area contributed by atoms with Gasteiger partial charge in [0.2, 0.25) is 5.91 Å². The molecular formula is C21H24N2O3S2. The Morgan fingerprint density at radius 2 is 1.86 bits per heavy atom. The summed E-state index contributed by atoms with van der Waals surface area (Å²) in [6, 6.07) is 13.3. The SMILES string of the molecule is Cc1cc(C)c2c(c1)sc(=NC(=O)CCCS(=O)(=O)Cc1ccccc1)n2C. The molecule has 0 unspecified atom stereocenters. The fourth-order valence-electron chi connectivity index (χ4n) is 3.30. The molecule has 0 spiro atoms. The van der Waals surface area contributed by atoms with Gasteiger partial charge in [-0.2, -0.15) is 4.99 Å². The van der Waals surface area contributed by atoms with E-state index in [1.165, 1.54) is 16.9 Å². The molecule has 0 bridgehead atoms. The number of thiazole rings is 1. The van der Waals surface area contributed by atoms with Crippen LogP contribution in [0.4, 0.5) is 0 Å². The summed E-state index contributed by atoms with van der Waals surface area (Å²) in [4.78, 5) is 17.1. The van der Waals surface area contributed by atoms with E-state index in [0.29, 0.717) is 4.80 Å². The third-order valence-electron chi connectivity index (χ3n) is 4.53. The van der Waals surface area contributed by atoms with Crippen molar-refractivity contribution in [2.75, 3.05) is 5.75 Å². The number of amides is 1. The number of nitrogens with zero attached hydrogens (tertiary/aromatic N) is 2. The summed E-state index contributed by atoms with van der Waals surface area (Å²) in [5.74, 6) is -0.297. The molecule has 3 aromatic rings. The van der Waals surface area contributed by atoms with Gasteiger partial charge >= 0.3 is 0 Å².